The first-order valence-corrected chi connectivity index (χ1v) is 9.70. The molecular weight excluding hydrogens is 410 g/mol. The zero-order chi connectivity index (χ0) is 21.5. The molecule has 8 nitrogen and oxygen atoms in total. The molecule has 0 radical (unpaired) electrons. The molecule has 1 N–H and O–H groups in total. The summed E-state index contributed by atoms with van der Waals surface area (Å²) in [5.74, 6) is 0.0753. The van der Waals surface area contributed by atoms with E-state index in [0.29, 0.717) is 36.0 Å². The summed E-state index contributed by atoms with van der Waals surface area (Å²) >= 11 is 6.14. The normalized spacial score (nSPS) is 10.6. The van der Waals surface area contributed by atoms with Crippen LogP contribution in [0.1, 0.15) is 12.5 Å². The number of hydrogen-bond donors (Lipinski definition) is 1. The summed E-state index contributed by atoms with van der Waals surface area (Å²) in [5, 5.41) is 15.2. The second kappa shape index (κ2) is 9.89. The summed E-state index contributed by atoms with van der Waals surface area (Å²) in [4.78, 5) is 26.1. The van der Waals surface area contributed by atoms with Crippen molar-refractivity contribution in [1.29, 1.82) is 0 Å². The summed E-state index contributed by atoms with van der Waals surface area (Å²) in [6.45, 7) is 2.44. The van der Waals surface area contributed by atoms with Crippen LogP contribution in [0.25, 0.3) is 10.9 Å². The maximum atomic E-state index is 11.5. The van der Waals surface area contributed by atoms with E-state index in [-0.39, 0.29) is 12.3 Å². The van der Waals surface area contributed by atoms with Gasteiger partial charge < -0.3 is 14.8 Å². The van der Waals surface area contributed by atoms with E-state index in [0.717, 1.165) is 16.6 Å². The highest BCUT2D eigenvalue weighted by Crippen LogP contribution is 2.29. The Hall–Kier alpha value is -3.39. The van der Waals surface area contributed by atoms with Crippen LogP contribution in [0.4, 0.5) is 11.4 Å². The second-order valence-corrected chi connectivity index (χ2v) is 6.75. The Bertz CT molecular complexity index is 1060. The van der Waals surface area contributed by atoms with Crippen molar-refractivity contribution >= 4 is 39.8 Å². The number of fused-ring (bicyclic) bond motifs is 1. The standard InChI is InChI=1S/C21H20ClN3O5/c1-2-29-21(26)13-30-16-7-8-18-17(11-16)19(12-20(22)24-18)23-10-9-14-3-5-15(6-4-14)25(27)28/h3-8,11-12H,2,9-10,13H2,1H3,(H,23,24). The van der Waals surface area contributed by atoms with Gasteiger partial charge in [0.25, 0.3) is 5.69 Å². The molecule has 156 valence electrons. The molecule has 0 saturated carbocycles. The molecule has 0 atom stereocenters. The Labute approximate surface area is 177 Å². The van der Waals surface area contributed by atoms with Gasteiger partial charge in [-0.15, -0.1) is 0 Å². The number of pyridine rings is 1. The summed E-state index contributed by atoms with van der Waals surface area (Å²) in [6, 6.07) is 13.4. The Balaban J connectivity index is 1.71. The van der Waals surface area contributed by atoms with Gasteiger partial charge >= 0.3 is 5.97 Å². The van der Waals surface area contributed by atoms with Crippen LogP contribution in [-0.2, 0) is 16.0 Å². The lowest BCUT2D eigenvalue weighted by Gasteiger charge is -2.12. The minimum absolute atomic E-state index is 0.0639. The number of anilines is 1. The fraction of sp³-hybridized carbons (Fsp3) is 0.238. The number of halogens is 1. The molecule has 0 bridgehead atoms. The van der Waals surface area contributed by atoms with E-state index >= 15 is 0 Å². The number of nitro groups is 1. The zero-order valence-corrected chi connectivity index (χ0v) is 17.0. The van der Waals surface area contributed by atoms with Crippen molar-refractivity contribution in [3.05, 3.63) is 69.4 Å². The van der Waals surface area contributed by atoms with Gasteiger partial charge in [0.05, 0.1) is 17.0 Å². The van der Waals surface area contributed by atoms with Gasteiger partial charge in [-0.3, -0.25) is 10.1 Å². The summed E-state index contributed by atoms with van der Waals surface area (Å²) in [5.41, 5.74) is 2.49. The lowest BCUT2D eigenvalue weighted by Crippen LogP contribution is -2.14. The highest BCUT2D eigenvalue weighted by atomic mass is 35.5. The van der Waals surface area contributed by atoms with E-state index in [2.05, 4.69) is 10.3 Å². The highest BCUT2D eigenvalue weighted by Gasteiger charge is 2.09. The van der Waals surface area contributed by atoms with E-state index in [9.17, 15) is 14.9 Å². The molecule has 0 aliphatic carbocycles. The molecule has 0 unspecified atom stereocenters. The number of carbonyl (C=O) groups is 1. The number of rotatable bonds is 9. The van der Waals surface area contributed by atoms with Crippen molar-refractivity contribution in [3.63, 3.8) is 0 Å². The van der Waals surface area contributed by atoms with Crippen LogP contribution < -0.4 is 10.1 Å². The minimum Gasteiger partial charge on any atom is -0.482 e. The number of ether oxygens (including phenoxy) is 2. The van der Waals surface area contributed by atoms with Crippen molar-refractivity contribution in [2.75, 3.05) is 25.1 Å². The van der Waals surface area contributed by atoms with Crippen LogP contribution >= 0.6 is 11.6 Å². The lowest BCUT2D eigenvalue weighted by molar-refractivity contribution is -0.384. The van der Waals surface area contributed by atoms with Gasteiger partial charge in [-0.25, -0.2) is 9.78 Å². The molecule has 0 saturated heterocycles. The Morgan fingerprint density at radius 1 is 1.20 bits per heavy atom. The van der Waals surface area contributed by atoms with E-state index < -0.39 is 10.9 Å². The maximum absolute atomic E-state index is 11.5. The van der Waals surface area contributed by atoms with Gasteiger partial charge in [0.1, 0.15) is 10.9 Å². The van der Waals surface area contributed by atoms with E-state index in [1.165, 1.54) is 12.1 Å². The minimum atomic E-state index is -0.437. The van der Waals surface area contributed by atoms with Gasteiger partial charge in [0.2, 0.25) is 0 Å². The molecule has 3 rings (SSSR count). The monoisotopic (exact) mass is 429 g/mol. The van der Waals surface area contributed by atoms with E-state index in [1.807, 2.05) is 0 Å². The molecule has 0 aliphatic rings. The van der Waals surface area contributed by atoms with Gasteiger partial charge in [0.15, 0.2) is 6.61 Å². The van der Waals surface area contributed by atoms with E-state index in [4.69, 9.17) is 21.1 Å². The predicted octanol–water partition coefficient (Wildman–Crippen LogP) is 4.39. The summed E-state index contributed by atoms with van der Waals surface area (Å²) in [6.07, 6.45) is 0.665. The Kier molecular flexibility index (Phi) is 7.03. The maximum Gasteiger partial charge on any atom is 0.344 e. The fourth-order valence-electron chi connectivity index (χ4n) is 2.88. The Morgan fingerprint density at radius 2 is 1.97 bits per heavy atom. The molecule has 30 heavy (non-hydrogen) atoms. The van der Waals surface area contributed by atoms with Crippen molar-refractivity contribution in [3.8, 4) is 5.75 Å². The number of benzene rings is 2. The first-order chi connectivity index (χ1) is 14.5. The molecule has 0 fully saturated rings. The smallest absolute Gasteiger partial charge is 0.344 e. The first kappa shape index (κ1) is 21.3. The number of aromatic nitrogens is 1. The molecule has 0 spiro atoms. The first-order valence-electron chi connectivity index (χ1n) is 9.32. The average Bonchev–Trinajstić information content (AvgIpc) is 2.73. The van der Waals surface area contributed by atoms with Crippen LogP contribution in [0.3, 0.4) is 0 Å². The average molecular weight is 430 g/mol. The molecule has 3 aromatic rings. The zero-order valence-electron chi connectivity index (χ0n) is 16.3. The molecule has 1 heterocycles. The van der Waals surface area contributed by atoms with Crippen molar-refractivity contribution < 1.29 is 19.2 Å². The molecule has 9 heteroatoms. The largest absolute Gasteiger partial charge is 0.482 e. The number of carbonyl (C=O) groups excluding carboxylic acids is 1. The molecule has 0 amide bonds. The van der Waals surface area contributed by atoms with E-state index in [1.54, 1.807) is 43.3 Å². The number of non-ortho nitro benzene ring substituents is 1. The summed E-state index contributed by atoms with van der Waals surface area (Å²) in [7, 11) is 0. The van der Waals surface area contributed by atoms with Crippen LogP contribution in [0.15, 0.2) is 48.5 Å². The molecule has 0 aliphatic heterocycles. The van der Waals surface area contributed by atoms with Gasteiger partial charge in [-0.05, 0) is 43.2 Å². The van der Waals surface area contributed by atoms with Crippen molar-refractivity contribution in [2.45, 2.75) is 13.3 Å². The SMILES string of the molecule is CCOC(=O)COc1ccc2nc(Cl)cc(NCCc3ccc([N+](=O)[O-])cc3)c2c1. The third kappa shape index (κ3) is 5.57. The third-order valence-electron chi connectivity index (χ3n) is 4.29. The fourth-order valence-corrected chi connectivity index (χ4v) is 3.08. The lowest BCUT2D eigenvalue weighted by atomic mass is 10.1. The topological polar surface area (TPSA) is 104 Å². The summed E-state index contributed by atoms with van der Waals surface area (Å²) < 4.78 is 10.4. The van der Waals surface area contributed by atoms with Crippen molar-refractivity contribution in [1.82, 2.24) is 4.98 Å². The number of nitrogens with zero attached hydrogens (tertiary/aromatic N) is 2. The van der Waals surface area contributed by atoms with Crippen molar-refractivity contribution in [2.24, 2.45) is 0 Å². The highest BCUT2D eigenvalue weighted by molar-refractivity contribution is 6.30. The van der Waals surface area contributed by atoms with Crippen LogP contribution in [0.5, 0.6) is 5.75 Å². The van der Waals surface area contributed by atoms with Gasteiger partial charge in [-0.1, -0.05) is 23.7 Å². The molecule has 1 aromatic heterocycles. The number of esters is 1. The van der Waals surface area contributed by atoms with Crippen LogP contribution in [0.2, 0.25) is 5.15 Å². The molecular formula is C21H20ClN3O5. The van der Waals surface area contributed by atoms with Gasteiger partial charge in [0, 0.05) is 29.8 Å². The number of hydrogen-bond acceptors (Lipinski definition) is 7. The Morgan fingerprint density at radius 3 is 2.67 bits per heavy atom. The quantitative estimate of drug-likeness (QED) is 0.233. The number of nitro benzene ring substituents is 1. The van der Waals surface area contributed by atoms with Crippen LogP contribution in [-0.4, -0.2) is 35.6 Å². The number of nitrogens with one attached hydrogen (secondary N) is 1. The van der Waals surface area contributed by atoms with Crippen LogP contribution in [0, 0.1) is 10.1 Å². The molecule has 2 aromatic carbocycles. The predicted molar refractivity (Wildman–Crippen MR) is 114 cm³/mol. The van der Waals surface area contributed by atoms with Gasteiger partial charge in [-0.2, -0.15) is 0 Å². The third-order valence-corrected chi connectivity index (χ3v) is 4.48. The second-order valence-electron chi connectivity index (χ2n) is 6.37.